The van der Waals surface area contributed by atoms with Gasteiger partial charge >= 0.3 is 6.09 Å². The molecule has 58 heavy (non-hydrogen) atoms. The number of imidazole rings is 2. The van der Waals surface area contributed by atoms with Gasteiger partial charge in [-0.1, -0.05) is 6.07 Å². The number of aromatic nitrogens is 5. The number of likely N-dealkylation sites (tertiary alicyclic amines) is 1. The summed E-state index contributed by atoms with van der Waals surface area (Å²) >= 11 is 1.66. The number of fused-ring (bicyclic) bond motifs is 5. The number of alkyl carbamates (subject to hydrolysis) is 1. The van der Waals surface area contributed by atoms with Gasteiger partial charge in [-0.05, 0) is 100 Å². The predicted octanol–water partition coefficient (Wildman–Crippen LogP) is 7.78. The van der Waals surface area contributed by atoms with Crippen molar-refractivity contribution in [2.24, 2.45) is 5.92 Å². The van der Waals surface area contributed by atoms with Crippen LogP contribution in [0.25, 0.3) is 44.7 Å². The van der Waals surface area contributed by atoms with E-state index in [1.807, 2.05) is 35.4 Å². The standard InChI is InChI=1S/C43H45FN8O5S/c1-23-7-10-36(58-23)42-52-32-9-8-25(30-21-47-40(49-30)33-6-4-14-51(33)41(53)38(50-43(54)55-2)24-11-15-56-16-12-24)17-27(32)19-34(52)37-28(44)18-26(20-35(37)57-42)31-22-46-39(48-31)29-5-3-13-45-29/h7-10,17-22,24,29,33,38,42,45H,3-6,11-16H2,1-2H3,(H,46,48)(H,47,49)(H,50,54)/t29-,33-,38-,42?/m0/s1. The lowest BCUT2D eigenvalue weighted by Gasteiger charge is -2.34. The third-order valence-corrected chi connectivity index (χ3v) is 13.2. The molecule has 4 aromatic heterocycles. The lowest BCUT2D eigenvalue weighted by Crippen LogP contribution is -2.53. The van der Waals surface area contributed by atoms with Gasteiger partial charge in [0.05, 0.1) is 58.4 Å². The number of rotatable bonds is 8. The van der Waals surface area contributed by atoms with Crippen LogP contribution in [0, 0.1) is 18.7 Å². The number of benzene rings is 2. The molecule has 8 heterocycles. The highest BCUT2D eigenvalue weighted by Crippen LogP contribution is 2.48. The van der Waals surface area contributed by atoms with Crippen molar-refractivity contribution in [3.8, 4) is 39.5 Å². The molecule has 2 amide bonds. The SMILES string of the molecule is COC(=O)N[C@H](C(=O)N1CCC[C@H]1c1ncc(-c2ccc3c(c2)cc2n3C(c3ccc(C)s3)Oc3cc(-c4c[nH]c([C@@H]5CCCN5)n4)cc(F)c3-2)[nH]1)C1CCOCC1. The van der Waals surface area contributed by atoms with Gasteiger partial charge in [-0.2, -0.15) is 0 Å². The molecular formula is C43H45FN8O5S. The molecule has 2 aromatic carbocycles. The van der Waals surface area contributed by atoms with E-state index in [0.717, 1.165) is 75.7 Å². The molecule has 4 aliphatic rings. The first-order valence-electron chi connectivity index (χ1n) is 20.1. The van der Waals surface area contributed by atoms with Crippen molar-refractivity contribution in [2.45, 2.75) is 69.8 Å². The summed E-state index contributed by atoms with van der Waals surface area (Å²) in [6.07, 6.45) is 7.56. The molecule has 0 radical (unpaired) electrons. The molecule has 3 fully saturated rings. The minimum atomic E-state index is -0.709. The molecule has 0 spiro atoms. The number of methoxy groups -OCH3 is 1. The zero-order valence-corrected chi connectivity index (χ0v) is 33.2. The Morgan fingerprint density at radius 2 is 1.91 bits per heavy atom. The summed E-state index contributed by atoms with van der Waals surface area (Å²) in [6, 6.07) is 15.0. The first-order chi connectivity index (χ1) is 28.3. The monoisotopic (exact) mass is 804 g/mol. The summed E-state index contributed by atoms with van der Waals surface area (Å²) in [4.78, 5) is 46.9. The fourth-order valence-corrected chi connectivity index (χ4v) is 10.1. The normalized spacial score (nSPS) is 21.2. The largest absolute Gasteiger partial charge is 0.464 e. The van der Waals surface area contributed by atoms with Crippen LogP contribution in [0.1, 0.15) is 78.2 Å². The number of hydrogen-bond donors (Lipinski definition) is 4. The van der Waals surface area contributed by atoms with E-state index in [2.05, 4.69) is 50.3 Å². The Kier molecular flexibility index (Phi) is 9.53. The number of nitrogens with one attached hydrogen (secondary N) is 4. The number of carbonyl (C=O) groups is 2. The van der Waals surface area contributed by atoms with Crippen molar-refractivity contribution in [1.82, 2.24) is 40.0 Å². The molecule has 15 heteroatoms. The molecule has 4 aliphatic heterocycles. The second-order valence-corrected chi connectivity index (χ2v) is 17.0. The number of nitrogens with zero attached hydrogens (tertiary/aromatic N) is 4. The van der Waals surface area contributed by atoms with Crippen LogP contribution in [0.15, 0.2) is 60.9 Å². The maximum Gasteiger partial charge on any atom is 0.407 e. The first kappa shape index (κ1) is 36.8. The molecule has 0 saturated carbocycles. The second-order valence-electron chi connectivity index (χ2n) is 15.7. The van der Waals surface area contributed by atoms with Gasteiger partial charge in [0.1, 0.15) is 29.3 Å². The van der Waals surface area contributed by atoms with Crippen molar-refractivity contribution < 1.29 is 28.2 Å². The fourth-order valence-electron chi connectivity index (χ4n) is 9.21. The van der Waals surface area contributed by atoms with Gasteiger partial charge in [-0.25, -0.2) is 19.2 Å². The van der Waals surface area contributed by atoms with E-state index >= 15 is 4.39 Å². The van der Waals surface area contributed by atoms with Gasteiger partial charge in [-0.3, -0.25) is 9.36 Å². The minimum absolute atomic E-state index is 0.0477. The molecule has 3 saturated heterocycles. The average Bonchev–Trinajstić information content (AvgIpc) is 4.10. The third-order valence-electron chi connectivity index (χ3n) is 12.1. The molecular weight excluding hydrogens is 760 g/mol. The number of H-pyrrole nitrogens is 2. The Bertz CT molecular complexity index is 2510. The summed E-state index contributed by atoms with van der Waals surface area (Å²) in [7, 11) is 1.31. The number of amides is 2. The molecule has 1 unspecified atom stereocenters. The third kappa shape index (κ3) is 6.54. The highest BCUT2D eigenvalue weighted by molar-refractivity contribution is 7.12. The van der Waals surface area contributed by atoms with Crippen LogP contribution in [0.3, 0.4) is 0 Å². The zero-order chi connectivity index (χ0) is 39.5. The van der Waals surface area contributed by atoms with Crippen molar-refractivity contribution in [2.75, 3.05) is 33.4 Å². The van der Waals surface area contributed by atoms with Crippen molar-refractivity contribution in [3.05, 3.63) is 88.1 Å². The van der Waals surface area contributed by atoms with Gasteiger partial charge in [0.25, 0.3) is 0 Å². The van der Waals surface area contributed by atoms with Crippen molar-refractivity contribution >= 4 is 34.2 Å². The topological polar surface area (TPSA) is 151 Å². The molecule has 6 aromatic rings. The van der Waals surface area contributed by atoms with E-state index in [-0.39, 0.29) is 29.7 Å². The van der Waals surface area contributed by atoms with E-state index in [4.69, 9.17) is 24.2 Å². The maximum atomic E-state index is 16.5. The Balaban J connectivity index is 0.973. The lowest BCUT2D eigenvalue weighted by molar-refractivity contribution is -0.136. The highest BCUT2D eigenvalue weighted by atomic mass is 32.1. The summed E-state index contributed by atoms with van der Waals surface area (Å²) in [5.74, 6) is 1.47. The van der Waals surface area contributed by atoms with Crippen LogP contribution in [0.4, 0.5) is 9.18 Å². The van der Waals surface area contributed by atoms with Crippen molar-refractivity contribution in [3.63, 3.8) is 0 Å². The smallest absolute Gasteiger partial charge is 0.407 e. The van der Waals surface area contributed by atoms with Crippen LogP contribution in [-0.4, -0.2) is 80.9 Å². The van der Waals surface area contributed by atoms with Crippen LogP contribution in [0.2, 0.25) is 0 Å². The summed E-state index contributed by atoms with van der Waals surface area (Å²) < 4.78 is 35.8. The Morgan fingerprint density at radius 3 is 2.71 bits per heavy atom. The zero-order valence-electron chi connectivity index (χ0n) is 32.3. The average molecular weight is 805 g/mol. The molecule has 10 rings (SSSR count). The quantitative estimate of drug-likeness (QED) is 0.122. The minimum Gasteiger partial charge on any atom is -0.464 e. The molecule has 0 aliphatic carbocycles. The van der Waals surface area contributed by atoms with Gasteiger partial charge in [0, 0.05) is 47.3 Å². The number of halogens is 1. The summed E-state index contributed by atoms with van der Waals surface area (Å²) in [6.45, 7) is 4.69. The number of ether oxygens (including phenoxy) is 3. The van der Waals surface area contributed by atoms with Gasteiger partial charge in [0.15, 0.2) is 0 Å². The number of carbonyl (C=O) groups excluding carboxylic acids is 2. The molecule has 0 bridgehead atoms. The van der Waals surface area contributed by atoms with Crippen LogP contribution in [-0.2, 0) is 14.3 Å². The van der Waals surface area contributed by atoms with Crippen LogP contribution in [0.5, 0.6) is 5.75 Å². The fraction of sp³-hybridized carbons (Fsp3) is 0.395. The maximum absolute atomic E-state index is 16.5. The van der Waals surface area contributed by atoms with E-state index in [0.29, 0.717) is 61.0 Å². The van der Waals surface area contributed by atoms with E-state index in [1.54, 1.807) is 23.6 Å². The lowest BCUT2D eigenvalue weighted by atomic mass is 9.90. The molecule has 4 N–H and O–H groups in total. The van der Waals surface area contributed by atoms with E-state index in [1.165, 1.54) is 7.11 Å². The first-order valence-corrected chi connectivity index (χ1v) is 20.9. The molecule has 4 atom stereocenters. The number of aryl methyl sites for hydroxylation is 1. The van der Waals surface area contributed by atoms with Gasteiger partial charge in [0.2, 0.25) is 12.1 Å². The highest BCUT2D eigenvalue weighted by Gasteiger charge is 2.40. The summed E-state index contributed by atoms with van der Waals surface area (Å²) in [5, 5.41) is 7.22. The Hall–Kier alpha value is -5.51. The van der Waals surface area contributed by atoms with Crippen LogP contribution >= 0.6 is 11.3 Å². The predicted molar refractivity (Wildman–Crippen MR) is 217 cm³/mol. The number of aromatic amines is 2. The molecule has 300 valence electrons. The van der Waals surface area contributed by atoms with Crippen molar-refractivity contribution in [1.29, 1.82) is 0 Å². The van der Waals surface area contributed by atoms with Crippen LogP contribution < -0.4 is 15.4 Å². The Labute approximate surface area is 338 Å². The van der Waals surface area contributed by atoms with E-state index < -0.39 is 18.4 Å². The summed E-state index contributed by atoms with van der Waals surface area (Å²) in [5.41, 5.74) is 5.10. The number of hydrogen-bond acceptors (Lipinski definition) is 9. The van der Waals surface area contributed by atoms with Gasteiger partial charge < -0.3 is 39.7 Å². The number of thiophene rings is 1. The van der Waals surface area contributed by atoms with Gasteiger partial charge in [-0.15, -0.1) is 11.3 Å². The second kappa shape index (κ2) is 15.0. The van der Waals surface area contributed by atoms with E-state index in [9.17, 15) is 9.59 Å². The molecule has 13 nitrogen and oxygen atoms in total. The Morgan fingerprint density at radius 1 is 1.03 bits per heavy atom.